The second kappa shape index (κ2) is 5.27. The van der Waals surface area contributed by atoms with Gasteiger partial charge in [0.25, 0.3) is 0 Å². The predicted octanol–water partition coefficient (Wildman–Crippen LogP) is 1.99. The van der Waals surface area contributed by atoms with Crippen molar-refractivity contribution in [2.45, 2.75) is 32.3 Å². The van der Waals surface area contributed by atoms with Crippen molar-refractivity contribution in [2.24, 2.45) is 0 Å². The molecule has 0 radical (unpaired) electrons. The van der Waals surface area contributed by atoms with E-state index in [9.17, 15) is 5.11 Å². The molecule has 0 bridgehead atoms. The van der Waals surface area contributed by atoms with Crippen LogP contribution in [0.15, 0.2) is 24.7 Å². The summed E-state index contributed by atoms with van der Waals surface area (Å²) in [7, 11) is 0. The summed E-state index contributed by atoms with van der Waals surface area (Å²) in [6.45, 7) is 4.43. The number of fused-ring (bicyclic) bond motifs is 1. The van der Waals surface area contributed by atoms with Gasteiger partial charge in [-0.25, -0.2) is 15.0 Å². The molecule has 0 saturated heterocycles. The molecule has 96 valence electrons. The largest absolute Gasteiger partial charge is 0.388 e. The number of nitrogens with zero attached hydrogens (tertiary/aromatic N) is 3. The summed E-state index contributed by atoms with van der Waals surface area (Å²) >= 11 is 0. The average molecular weight is 246 g/mol. The Bertz CT molecular complexity index is 520. The van der Waals surface area contributed by atoms with E-state index in [0.29, 0.717) is 30.9 Å². The Balaban J connectivity index is 2.22. The van der Waals surface area contributed by atoms with Crippen LogP contribution in [-0.2, 0) is 0 Å². The zero-order valence-electron chi connectivity index (χ0n) is 10.7. The maximum absolute atomic E-state index is 10.2. The molecule has 2 N–H and O–H groups in total. The molecule has 5 nitrogen and oxygen atoms in total. The third-order valence-corrected chi connectivity index (χ3v) is 3.31. The van der Waals surface area contributed by atoms with E-state index in [0.717, 1.165) is 5.39 Å². The Kier molecular flexibility index (Phi) is 3.72. The zero-order valence-corrected chi connectivity index (χ0v) is 10.7. The van der Waals surface area contributed by atoms with Crippen molar-refractivity contribution in [2.75, 3.05) is 11.9 Å². The van der Waals surface area contributed by atoms with E-state index in [1.54, 1.807) is 6.20 Å². The fourth-order valence-corrected chi connectivity index (χ4v) is 1.78. The van der Waals surface area contributed by atoms with Gasteiger partial charge in [-0.1, -0.05) is 13.8 Å². The summed E-state index contributed by atoms with van der Waals surface area (Å²) in [6.07, 6.45) is 4.59. The standard InChI is InChI=1S/C13H18N4O/c1-3-13(18,4-2)8-15-12-10-6-5-7-14-11(10)16-9-17-12/h5-7,9,18H,3-4,8H2,1-2H3,(H,14,15,16,17). The normalized spacial score (nSPS) is 11.7. The van der Waals surface area contributed by atoms with Crippen molar-refractivity contribution < 1.29 is 5.11 Å². The fraction of sp³-hybridized carbons (Fsp3) is 0.462. The zero-order chi connectivity index (χ0) is 13.0. The molecule has 0 amide bonds. The van der Waals surface area contributed by atoms with Crippen molar-refractivity contribution in [3.63, 3.8) is 0 Å². The molecule has 2 aromatic rings. The SMILES string of the molecule is CCC(O)(CC)CNc1ncnc2ncccc12. The molecule has 0 aromatic carbocycles. The summed E-state index contributed by atoms with van der Waals surface area (Å²) in [6, 6.07) is 3.77. The van der Waals surface area contributed by atoms with E-state index in [-0.39, 0.29) is 0 Å². The van der Waals surface area contributed by atoms with Gasteiger partial charge in [-0.2, -0.15) is 0 Å². The second-order valence-electron chi connectivity index (χ2n) is 4.38. The third-order valence-electron chi connectivity index (χ3n) is 3.31. The van der Waals surface area contributed by atoms with Crippen LogP contribution in [0.25, 0.3) is 11.0 Å². The number of aromatic nitrogens is 3. The first-order valence-corrected chi connectivity index (χ1v) is 6.20. The second-order valence-corrected chi connectivity index (χ2v) is 4.38. The van der Waals surface area contributed by atoms with Crippen molar-refractivity contribution >= 4 is 16.9 Å². The molecule has 0 unspecified atom stereocenters. The van der Waals surface area contributed by atoms with Crippen molar-refractivity contribution in [1.29, 1.82) is 0 Å². The summed E-state index contributed by atoms with van der Waals surface area (Å²) < 4.78 is 0. The lowest BCUT2D eigenvalue weighted by atomic mass is 9.97. The number of pyridine rings is 1. The van der Waals surface area contributed by atoms with E-state index in [4.69, 9.17) is 0 Å². The van der Waals surface area contributed by atoms with Crippen LogP contribution < -0.4 is 5.32 Å². The Morgan fingerprint density at radius 1 is 1.22 bits per heavy atom. The molecule has 0 aliphatic carbocycles. The quantitative estimate of drug-likeness (QED) is 0.844. The summed E-state index contributed by atoms with van der Waals surface area (Å²) in [5, 5.41) is 14.3. The first-order valence-electron chi connectivity index (χ1n) is 6.20. The smallest absolute Gasteiger partial charge is 0.164 e. The van der Waals surface area contributed by atoms with E-state index >= 15 is 0 Å². The highest BCUT2D eigenvalue weighted by atomic mass is 16.3. The number of rotatable bonds is 5. The lowest BCUT2D eigenvalue weighted by molar-refractivity contribution is 0.0456. The minimum Gasteiger partial charge on any atom is -0.388 e. The van der Waals surface area contributed by atoms with Gasteiger partial charge in [0.05, 0.1) is 11.0 Å². The molecule has 0 aliphatic rings. The average Bonchev–Trinajstić information content (AvgIpc) is 2.44. The molecule has 0 aliphatic heterocycles. The van der Waals surface area contributed by atoms with Gasteiger partial charge in [-0.15, -0.1) is 0 Å². The van der Waals surface area contributed by atoms with E-state index in [1.165, 1.54) is 6.33 Å². The molecule has 0 saturated carbocycles. The highest BCUT2D eigenvalue weighted by molar-refractivity contribution is 5.85. The van der Waals surface area contributed by atoms with E-state index < -0.39 is 5.60 Å². The Morgan fingerprint density at radius 3 is 2.72 bits per heavy atom. The molecular formula is C13H18N4O. The number of aliphatic hydroxyl groups is 1. The highest BCUT2D eigenvalue weighted by Gasteiger charge is 2.22. The first-order chi connectivity index (χ1) is 8.68. The maximum atomic E-state index is 10.2. The van der Waals surface area contributed by atoms with E-state index in [2.05, 4.69) is 20.3 Å². The molecule has 2 aromatic heterocycles. The van der Waals surface area contributed by atoms with Gasteiger partial charge < -0.3 is 10.4 Å². The van der Waals surface area contributed by atoms with Crippen molar-refractivity contribution in [3.8, 4) is 0 Å². The monoisotopic (exact) mass is 246 g/mol. The van der Waals surface area contributed by atoms with Gasteiger partial charge in [-0.05, 0) is 25.0 Å². The lowest BCUT2D eigenvalue weighted by Crippen LogP contribution is -2.35. The van der Waals surface area contributed by atoms with Gasteiger partial charge in [0.15, 0.2) is 5.65 Å². The molecule has 5 heteroatoms. The highest BCUT2D eigenvalue weighted by Crippen LogP contribution is 2.19. The number of hydrogen-bond donors (Lipinski definition) is 2. The molecule has 0 fully saturated rings. The fourth-order valence-electron chi connectivity index (χ4n) is 1.78. The molecular weight excluding hydrogens is 228 g/mol. The molecule has 0 atom stereocenters. The maximum Gasteiger partial charge on any atom is 0.164 e. The number of anilines is 1. The van der Waals surface area contributed by atoms with Crippen LogP contribution in [0.4, 0.5) is 5.82 Å². The van der Waals surface area contributed by atoms with Crippen LogP contribution in [0.1, 0.15) is 26.7 Å². The summed E-state index contributed by atoms with van der Waals surface area (Å²) in [5.74, 6) is 0.716. The van der Waals surface area contributed by atoms with Crippen LogP contribution in [-0.4, -0.2) is 32.2 Å². The van der Waals surface area contributed by atoms with E-state index in [1.807, 2.05) is 26.0 Å². The Hall–Kier alpha value is -1.75. The van der Waals surface area contributed by atoms with Gasteiger partial charge >= 0.3 is 0 Å². The molecule has 2 heterocycles. The number of nitrogens with one attached hydrogen (secondary N) is 1. The first kappa shape index (κ1) is 12.7. The number of hydrogen-bond acceptors (Lipinski definition) is 5. The molecule has 18 heavy (non-hydrogen) atoms. The van der Waals surface area contributed by atoms with Crippen LogP contribution in [0.2, 0.25) is 0 Å². The van der Waals surface area contributed by atoms with Gasteiger partial charge in [0.1, 0.15) is 12.1 Å². The third kappa shape index (κ3) is 2.56. The van der Waals surface area contributed by atoms with Gasteiger partial charge in [-0.3, -0.25) is 0 Å². The molecule has 0 spiro atoms. The minimum atomic E-state index is -0.695. The summed E-state index contributed by atoms with van der Waals surface area (Å²) in [5.41, 5.74) is -0.0361. The van der Waals surface area contributed by atoms with Gasteiger partial charge in [0, 0.05) is 12.7 Å². The topological polar surface area (TPSA) is 70.9 Å². The van der Waals surface area contributed by atoms with Crippen molar-refractivity contribution in [1.82, 2.24) is 15.0 Å². The lowest BCUT2D eigenvalue weighted by Gasteiger charge is -2.25. The predicted molar refractivity (Wildman–Crippen MR) is 71.4 cm³/mol. The van der Waals surface area contributed by atoms with Crippen molar-refractivity contribution in [3.05, 3.63) is 24.7 Å². The van der Waals surface area contributed by atoms with Crippen LogP contribution in [0, 0.1) is 0 Å². The Labute approximate surface area is 106 Å². The van der Waals surface area contributed by atoms with Gasteiger partial charge in [0.2, 0.25) is 0 Å². The van der Waals surface area contributed by atoms with Crippen LogP contribution in [0.5, 0.6) is 0 Å². The summed E-state index contributed by atoms with van der Waals surface area (Å²) in [4.78, 5) is 12.5. The Morgan fingerprint density at radius 2 is 2.00 bits per heavy atom. The molecule has 2 rings (SSSR count). The minimum absolute atomic E-state index is 0.473. The van der Waals surface area contributed by atoms with Crippen LogP contribution in [0.3, 0.4) is 0 Å². The van der Waals surface area contributed by atoms with Crippen LogP contribution >= 0.6 is 0 Å².